The lowest BCUT2D eigenvalue weighted by Gasteiger charge is -2.10. The average Bonchev–Trinajstić information content (AvgIpc) is 2.74. The van der Waals surface area contributed by atoms with Crippen molar-refractivity contribution in [2.75, 3.05) is 7.11 Å². The summed E-state index contributed by atoms with van der Waals surface area (Å²) >= 11 is 0. The van der Waals surface area contributed by atoms with Crippen LogP contribution in [0.5, 0.6) is 17.2 Å². The number of phenols is 2. The Morgan fingerprint density at radius 1 is 0.607 bits per heavy atom. The summed E-state index contributed by atoms with van der Waals surface area (Å²) in [6.07, 6.45) is 0. The van der Waals surface area contributed by atoms with Crippen LogP contribution in [0, 0.1) is 0 Å². The maximum atomic E-state index is 10.4. The number of ether oxygens (including phenoxy) is 1. The van der Waals surface area contributed by atoms with E-state index in [1.165, 1.54) is 7.11 Å². The van der Waals surface area contributed by atoms with E-state index >= 15 is 0 Å². The van der Waals surface area contributed by atoms with Crippen molar-refractivity contribution in [2.24, 2.45) is 0 Å². The molecule has 2 aromatic heterocycles. The van der Waals surface area contributed by atoms with Crippen molar-refractivity contribution in [3.8, 4) is 51.2 Å². The van der Waals surface area contributed by atoms with Gasteiger partial charge in [0.1, 0.15) is 5.75 Å². The molecule has 4 aromatic rings. The normalized spacial score (nSPS) is 10.6. The minimum absolute atomic E-state index is 0.0468. The van der Waals surface area contributed by atoms with Crippen LogP contribution in [0.25, 0.3) is 33.9 Å². The summed E-state index contributed by atoms with van der Waals surface area (Å²) in [7, 11) is 1.51. The van der Waals surface area contributed by atoms with Crippen molar-refractivity contribution in [2.45, 2.75) is 0 Å². The number of hydrogen-bond donors (Lipinski definition) is 2. The number of nitrogens with zero attached hydrogens (tertiary/aromatic N) is 2. The van der Waals surface area contributed by atoms with Gasteiger partial charge < -0.3 is 14.9 Å². The van der Waals surface area contributed by atoms with Gasteiger partial charge in [-0.1, -0.05) is 30.3 Å². The van der Waals surface area contributed by atoms with E-state index in [0.717, 1.165) is 0 Å². The Bertz CT molecular complexity index is 1140. The molecule has 0 aliphatic rings. The number of pyridine rings is 2. The molecule has 28 heavy (non-hydrogen) atoms. The van der Waals surface area contributed by atoms with Crippen LogP contribution in [0.4, 0.5) is 0 Å². The van der Waals surface area contributed by atoms with Crippen LogP contribution in [0.2, 0.25) is 0 Å². The number of phenolic OH excluding ortho intramolecular Hbond substituents is 2. The average molecular weight is 370 g/mol. The van der Waals surface area contributed by atoms with E-state index in [4.69, 9.17) is 4.74 Å². The van der Waals surface area contributed by atoms with E-state index in [1.54, 1.807) is 30.3 Å². The Morgan fingerprint density at radius 2 is 1.14 bits per heavy atom. The molecule has 0 aliphatic heterocycles. The van der Waals surface area contributed by atoms with Crippen LogP contribution in [-0.4, -0.2) is 27.3 Å². The van der Waals surface area contributed by atoms with Crippen molar-refractivity contribution in [3.63, 3.8) is 0 Å². The Kier molecular flexibility index (Phi) is 4.64. The molecule has 0 spiro atoms. The maximum absolute atomic E-state index is 10.4. The fourth-order valence-electron chi connectivity index (χ4n) is 3.04. The molecule has 5 nitrogen and oxygen atoms in total. The molecule has 2 aromatic carbocycles. The Morgan fingerprint density at radius 3 is 1.79 bits per heavy atom. The molecule has 0 fully saturated rings. The Labute approximate surface area is 162 Å². The van der Waals surface area contributed by atoms with Gasteiger partial charge in [0.2, 0.25) is 0 Å². The van der Waals surface area contributed by atoms with Gasteiger partial charge in [0.25, 0.3) is 0 Å². The number of methoxy groups -OCH3 is 1. The summed E-state index contributed by atoms with van der Waals surface area (Å²) in [5.41, 5.74) is 3.85. The van der Waals surface area contributed by atoms with Crippen LogP contribution < -0.4 is 4.74 Å². The zero-order valence-corrected chi connectivity index (χ0v) is 15.2. The zero-order chi connectivity index (χ0) is 19.5. The molecule has 0 amide bonds. The highest BCUT2D eigenvalue weighted by Gasteiger charge is 2.13. The van der Waals surface area contributed by atoms with Gasteiger partial charge in [0.15, 0.2) is 11.5 Å². The van der Waals surface area contributed by atoms with Crippen LogP contribution >= 0.6 is 0 Å². The first-order valence-corrected chi connectivity index (χ1v) is 8.76. The van der Waals surface area contributed by atoms with E-state index in [2.05, 4.69) is 9.97 Å². The third kappa shape index (κ3) is 3.25. The quantitative estimate of drug-likeness (QED) is 0.534. The molecule has 138 valence electrons. The fourth-order valence-corrected chi connectivity index (χ4v) is 3.04. The standard InChI is InChI=1S/C23H18N2O3/c1-28-22-14-4-8-16(23(22)27)18-10-6-12-20(25-18)19-11-5-9-17(24-19)15-7-2-3-13-21(15)26/h2-14,26-27H,1H3. The van der Waals surface area contributed by atoms with Crippen LogP contribution in [-0.2, 0) is 0 Å². The van der Waals surface area contributed by atoms with Gasteiger partial charge in [-0.2, -0.15) is 0 Å². The van der Waals surface area contributed by atoms with Crippen molar-refractivity contribution < 1.29 is 14.9 Å². The summed E-state index contributed by atoms with van der Waals surface area (Å²) in [4.78, 5) is 9.32. The number of aromatic hydroxyl groups is 2. The van der Waals surface area contributed by atoms with Crippen molar-refractivity contribution in [1.82, 2.24) is 9.97 Å². The van der Waals surface area contributed by atoms with Gasteiger partial charge >= 0.3 is 0 Å². The smallest absolute Gasteiger partial charge is 0.167 e. The number of aromatic nitrogens is 2. The maximum Gasteiger partial charge on any atom is 0.167 e. The highest BCUT2D eigenvalue weighted by Crippen LogP contribution is 2.36. The highest BCUT2D eigenvalue weighted by molar-refractivity contribution is 5.73. The fraction of sp³-hybridized carbons (Fsp3) is 0.0435. The highest BCUT2D eigenvalue weighted by atomic mass is 16.5. The van der Waals surface area contributed by atoms with Gasteiger partial charge in [-0.15, -0.1) is 0 Å². The molecule has 4 rings (SSSR count). The van der Waals surface area contributed by atoms with E-state index < -0.39 is 0 Å². The van der Waals surface area contributed by atoms with Crippen molar-refractivity contribution in [3.05, 3.63) is 78.9 Å². The second-order valence-corrected chi connectivity index (χ2v) is 6.19. The minimum Gasteiger partial charge on any atom is -0.507 e. The number of benzene rings is 2. The molecule has 0 atom stereocenters. The van der Waals surface area contributed by atoms with Gasteiger partial charge in [-0.3, -0.25) is 0 Å². The van der Waals surface area contributed by atoms with Gasteiger partial charge in [0.05, 0.1) is 29.9 Å². The van der Waals surface area contributed by atoms with E-state index in [0.29, 0.717) is 39.7 Å². The van der Waals surface area contributed by atoms with E-state index in [1.807, 2.05) is 48.5 Å². The Hall–Kier alpha value is -3.86. The Balaban J connectivity index is 1.77. The largest absolute Gasteiger partial charge is 0.507 e. The van der Waals surface area contributed by atoms with Crippen LogP contribution in [0.15, 0.2) is 78.9 Å². The van der Waals surface area contributed by atoms with Crippen molar-refractivity contribution in [1.29, 1.82) is 0 Å². The predicted molar refractivity (Wildman–Crippen MR) is 108 cm³/mol. The summed E-state index contributed by atoms with van der Waals surface area (Å²) in [6.45, 7) is 0. The molecular weight excluding hydrogens is 352 g/mol. The topological polar surface area (TPSA) is 75.5 Å². The zero-order valence-electron chi connectivity index (χ0n) is 15.2. The number of hydrogen-bond acceptors (Lipinski definition) is 5. The lowest BCUT2D eigenvalue weighted by atomic mass is 10.1. The summed E-state index contributed by atoms with van der Waals surface area (Å²) in [6, 6.07) is 23.5. The van der Waals surface area contributed by atoms with Gasteiger partial charge in [0, 0.05) is 11.1 Å². The van der Waals surface area contributed by atoms with Gasteiger partial charge in [-0.25, -0.2) is 9.97 Å². The number of rotatable bonds is 4. The molecule has 0 bridgehead atoms. The number of para-hydroxylation sites is 2. The third-order valence-electron chi connectivity index (χ3n) is 4.44. The van der Waals surface area contributed by atoms with E-state index in [9.17, 15) is 10.2 Å². The second kappa shape index (κ2) is 7.40. The van der Waals surface area contributed by atoms with Crippen LogP contribution in [0.3, 0.4) is 0 Å². The van der Waals surface area contributed by atoms with E-state index in [-0.39, 0.29) is 11.5 Å². The summed E-state index contributed by atoms with van der Waals surface area (Å²) < 4.78 is 5.18. The molecule has 0 unspecified atom stereocenters. The molecule has 0 saturated heterocycles. The summed E-state index contributed by atoms with van der Waals surface area (Å²) in [5.74, 6) is 0.616. The lowest BCUT2D eigenvalue weighted by Crippen LogP contribution is -1.93. The van der Waals surface area contributed by atoms with Gasteiger partial charge in [-0.05, 0) is 48.5 Å². The molecule has 0 saturated carbocycles. The van der Waals surface area contributed by atoms with Crippen LogP contribution in [0.1, 0.15) is 0 Å². The monoisotopic (exact) mass is 370 g/mol. The SMILES string of the molecule is COc1cccc(-c2cccc(-c3cccc(-c4ccccc4O)n3)n2)c1O. The predicted octanol–water partition coefficient (Wildman–Crippen LogP) is 4.90. The molecule has 2 heterocycles. The first-order chi connectivity index (χ1) is 13.7. The molecule has 5 heteroatoms. The lowest BCUT2D eigenvalue weighted by molar-refractivity contribution is 0.374. The molecular formula is C23H18N2O3. The first-order valence-electron chi connectivity index (χ1n) is 8.76. The van der Waals surface area contributed by atoms with Crippen molar-refractivity contribution >= 4 is 0 Å². The molecule has 2 N–H and O–H groups in total. The summed E-state index contributed by atoms with van der Waals surface area (Å²) in [5, 5.41) is 20.5. The minimum atomic E-state index is 0.0468. The molecule has 0 radical (unpaired) electrons. The second-order valence-electron chi connectivity index (χ2n) is 6.19. The third-order valence-corrected chi connectivity index (χ3v) is 4.44. The molecule has 0 aliphatic carbocycles. The first kappa shape index (κ1) is 17.5.